The molecule has 0 amide bonds. The van der Waals surface area contributed by atoms with E-state index in [-0.39, 0.29) is 5.69 Å². The van der Waals surface area contributed by atoms with Gasteiger partial charge in [-0.1, -0.05) is 6.08 Å². The van der Waals surface area contributed by atoms with Crippen molar-refractivity contribution in [3.05, 3.63) is 29.6 Å². The van der Waals surface area contributed by atoms with Gasteiger partial charge in [0.15, 0.2) is 5.69 Å². The average Bonchev–Trinajstić information content (AvgIpc) is 3.01. The van der Waals surface area contributed by atoms with Crippen LogP contribution in [-0.2, 0) is 24.1 Å². The number of carboxylic acid groups (broad SMARTS) is 1. The Morgan fingerprint density at radius 3 is 2.92 bits per heavy atom. The van der Waals surface area contributed by atoms with Gasteiger partial charge >= 0.3 is 5.97 Å². The van der Waals surface area contributed by atoms with Crippen LogP contribution in [0.2, 0.25) is 0 Å². The third-order valence-electron chi connectivity index (χ3n) is 6.59. The molecule has 6 heteroatoms. The number of ether oxygens (including phenoxy) is 1. The van der Waals surface area contributed by atoms with Gasteiger partial charge in [0.1, 0.15) is 0 Å². The Balaban J connectivity index is 1.54. The van der Waals surface area contributed by atoms with E-state index in [0.29, 0.717) is 18.0 Å². The molecule has 0 radical (unpaired) electrons. The van der Waals surface area contributed by atoms with Gasteiger partial charge < -0.3 is 9.84 Å². The van der Waals surface area contributed by atoms with Crippen LogP contribution in [0.15, 0.2) is 12.7 Å². The number of carboxylic acids is 1. The van der Waals surface area contributed by atoms with Gasteiger partial charge in [-0.05, 0) is 56.9 Å². The number of hydrogen-bond donors (Lipinski definition) is 1. The third-order valence-corrected chi connectivity index (χ3v) is 6.59. The first-order chi connectivity index (χ1) is 12.6. The zero-order valence-corrected chi connectivity index (χ0v) is 15.5. The summed E-state index contributed by atoms with van der Waals surface area (Å²) in [5, 5.41) is 13.9. The van der Waals surface area contributed by atoms with E-state index in [4.69, 9.17) is 4.74 Å². The zero-order chi connectivity index (χ0) is 18.1. The highest BCUT2D eigenvalue weighted by molar-refractivity contribution is 5.87. The van der Waals surface area contributed by atoms with Gasteiger partial charge in [-0.2, -0.15) is 5.10 Å². The molecule has 0 bridgehead atoms. The minimum Gasteiger partial charge on any atom is -0.476 e. The van der Waals surface area contributed by atoms with Gasteiger partial charge in [0.05, 0.1) is 6.54 Å². The summed E-state index contributed by atoms with van der Waals surface area (Å²) >= 11 is 0. The number of rotatable bonds is 4. The second kappa shape index (κ2) is 7.16. The molecule has 0 aromatic carbocycles. The van der Waals surface area contributed by atoms with Gasteiger partial charge in [-0.15, -0.1) is 6.58 Å². The number of likely N-dealkylation sites (tertiary alicyclic amines) is 1. The molecule has 1 aromatic rings. The highest BCUT2D eigenvalue weighted by Gasteiger charge is 2.40. The van der Waals surface area contributed by atoms with Crippen LogP contribution in [0.25, 0.3) is 0 Å². The Hall–Kier alpha value is -1.66. The molecule has 1 spiro atoms. The van der Waals surface area contributed by atoms with Crippen molar-refractivity contribution in [1.82, 2.24) is 14.7 Å². The summed E-state index contributed by atoms with van der Waals surface area (Å²) in [5.74, 6) is -0.913. The maximum atomic E-state index is 11.7. The molecule has 6 nitrogen and oxygen atoms in total. The topological polar surface area (TPSA) is 67.6 Å². The van der Waals surface area contributed by atoms with E-state index < -0.39 is 5.97 Å². The first kappa shape index (κ1) is 17.7. The van der Waals surface area contributed by atoms with Crippen LogP contribution in [0.1, 0.15) is 53.8 Å². The number of aromatic nitrogens is 2. The molecular formula is C20H29N3O3. The summed E-state index contributed by atoms with van der Waals surface area (Å²) in [6, 6.07) is 0.432. The Kier molecular flexibility index (Phi) is 4.88. The standard InChI is InChI=1S/C20H29N3O3/c1-2-9-23-17-5-4-15(13-16(17)18(21-23)19(24)25)22-10-3-6-20(14-22)7-11-26-12-8-20/h2,15H,1,3-14H2,(H,24,25). The average molecular weight is 359 g/mol. The van der Waals surface area contributed by atoms with E-state index in [1.807, 2.05) is 4.68 Å². The molecule has 1 aliphatic carbocycles. The predicted octanol–water partition coefficient (Wildman–Crippen LogP) is 2.52. The molecule has 26 heavy (non-hydrogen) atoms. The van der Waals surface area contributed by atoms with Crippen molar-refractivity contribution < 1.29 is 14.6 Å². The van der Waals surface area contributed by atoms with Crippen LogP contribution in [-0.4, -0.2) is 58.1 Å². The summed E-state index contributed by atoms with van der Waals surface area (Å²) in [6.07, 6.45) is 9.46. The normalized spacial score (nSPS) is 25.8. The smallest absolute Gasteiger partial charge is 0.356 e. The largest absolute Gasteiger partial charge is 0.476 e. The third kappa shape index (κ3) is 3.21. The van der Waals surface area contributed by atoms with Gasteiger partial charge in [-0.3, -0.25) is 9.58 Å². The molecule has 1 atom stereocenters. The van der Waals surface area contributed by atoms with Crippen molar-refractivity contribution in [1.29, 1.82) is 0 Å². The molecule has 2 fully saturated rings. The number of fused-ring (bicyclic) bond motifs is 1. The molecule has 2 saturated heterocycles. The van der Waals surface area contributed by atoms with Crippen molar-refractivity contribution >= 4 is 5.97 Å². The van der Waals surface area contributed by atoms with E-state index in [9.17, 15) is 9.90 Å². The lowest BCUT2D eigenvalue weighted by Crippen LogP contribution is -2.51. The van der Waals surface area contributed by atoms with Crippen molar-refractivity contribution in [2.75, 3.05) is 26.3 Å². The highest BCUT2D eigenvalue weighted by Crippen LogP contribution is 2.41. The summed E-state index contributed by atoms with van der Waals surface area (Å²) < 4.78 is 7.42. The lowest BCUT2D eigenvalue weighted by Gasteiger charge is -2.48. The number of nitrogens with zero attached hydrogens (tertiary/aromatic N) is 3. The van der Waals surface area contributed by atoms with Gasteiger partial charge in [0.25, 0.3) is 0 Å². The highest BCUT2D eigenvalue weighted by atomic mass is 16.5. The van der Waals surface area contributed by atoms with Gasteiger partial charge in [0.2, 0.25) is 0 Å². The maximum absolute atomic E-state index is 11.7. The summed E-state index contributed by atoms with van der Waals surface area (Å²) in [5.41, 5.74) is 2.70. The molecule has 142 valence electrons. The number of hydrogen-bond acceptors (Lipinski definition) is 4. The molecule has 1 N–H and O–H groups in total. The minimum atomic E-state index is -0.913. The molecule has 1 unspecified atom stereocenters. The molecule has 2 aliphatic heterocycles. The van der Waals surface area contributed by atoms with Crippen LogP contribution < -0.4 is 0 Å². The fourth-order valence-corrected chi connectivity index (χ4v) is 5.20. The zero-order valence-electron chi connectivity index (χ0n) is 15.5. The molecule has 1 aromatic heterocycles. The molecular weight excluding hydrogens is 330 g/mol. The Morgan fingerprint density at radius 2 is 2.19 bits per heavy atom. The van der Waals surface area contributed by atoms with E-state index in [2.05, 4.69) is 16.6 Å². The number of carbonyl (C=O) groups is 1. The van der Waals surface area contributed by atoms with Crippen LogP contribution in [0, 0.1) is 5.41 Å². The maximum Gasteiger partial charge on any atom is 0.356 e. The summed E-state index contributed by atoms with van der Waals surface area (Å²) in [7, 11) is 0. The van der Waals surface area contributed by atoms with Crippen molar-refractivity contribution in [3.63, 3.8) is 0 Å². The van der Waals surface area contributed by atoms with E-state index in [1.165, 1.54) is 25.7 Å². The molecule has 4 rings (SSSR count). The molecule has 3 heterocycles. The molecule has 3 aliphatic rings. The number of piperidine rings is 1. The second-order valence-electron chi connectivity index (χ2n) is 8.13. The van der Waals surface area contributed by atoms with Crippen molar-refractivity contribution in [2.24, 2.45) is 5.41 Å². The predicted molar refractivity (Wildman–Crippen MR) is 98.5 cm³/mol. The van der Waals surface area contributed by atoms with Crippen molar-refractivity contribution in [3.8, 4) is 0 Å². The van der Waals surface area contributed by atoms with E-state index in [1.54, 1.807) is 6.08 Å². The van der Waals surface area contributed by atoms with Crippen LogP contribution in [0.5, 0.6) is 0 Å². The molecule has 0 saturated carbocycles. The first-order valence-corrected chi connectivity index (χ1v) is 9.86. The van der Waals surface area contributed by atoms with Gasteiger partial charge in [-0.25, -0.2) is 4.79 Å². The lowest BCUT2D eigenvalue weighted by molar-refractivity contribution is -0.0387. The minimum absolute atomic E-state index is 0.240. The van der Waals surface area contributed by atoms with E-state index >= 15 is 0 Å². The van der Waals surface area contributed by atoms with Crippen LogP contribution in [0.3, 0.4) is 0 Å². The monoisotopic (exact) mass is 359 g/mol. The second-order valence-corrected chi connectivity index (χ2v) is 8.13. The lowest BCUT2D eigenvalue weighted by atomic mass is 9.73. The fraction of sp³-hybridized carbons (Fsp3) is 0.700. The Morgan fingerprint density at radius 1 is 1.38 bits per heavy atom. The Labute approximate surface area is 154 Å². The first-order valence-electron chi connectivity index (χ1n) is 9.86. The summed E-state index contributed by atoms with van der Waals surface area (Å²) in [6.45, 7) is 8.39. The van der Waals surface area contributed by atoms with Gasteiger partial charge in [0, 0.05) is 37.1 Å². The van der Waals surface area contributed by atoms with E-state index in [0.717, 1.165) is 56.8 Å². The summed E-state index contributed by atoms with van der Waals surface area (Å²) in [4.78, 5) is 14.3. The number of allylic oxidation sites excluding steroid dienone is 1. The number of aromatic carboxylic acids is 1. The van der Waals surface area contributed by atoms with Crippen LogP contribution >= 0.6 is 0 Å². The Bertz CT molecular complexity index is 685. The van der Waals surface area contributed by atoms with Crippen LogP contribution in [0.4, 0.5) is 0 Å². The fourth-order valence-electron chi connectivity index (χ4n) is 5.20. The SMILES string of the molecule is C=CCn1nc(C(=O)O)c2c1CCC(N1CCCC3(CCOCC3)C1)C2. The van der Waals surface area contributed by atoms with Crippen molar-refractivity contribution in [2.45, 2.75) is 57.5 Å². The quantitative estimate of drug-likeness (QED) is 0.837.